The molecule has 4 nitrogen and oxygen atoms in total. The smallest absolute Gasteiger partial charge is 0.121 e. The fraction of sp³-hybridized carbons (Fsp3) is 0.182. The van der Waals surface area contributed by atoms with E-state index < -0.39 is 6.10 Å². The van der Waals surface area contributed by atoms with Gasteiger partial charge in [0.1, 0.15) is 12.4 Å². The summed E-state index contributed by atoms with van der Waals surface area (Å²) in [5.74, 6) is 0.842. The van der Waals surface area contributed by atoms with Crippen LogP contribution in [0.1, 0.15) is 11.7 Å². The molecule has 27 heavy (non-hydrogen) atoms. The van der Waals surface area contributed by atoms with Gasteiger partial charge in [-0.25, -0.2) is 0 Å². The quantitative estimate of drug-likeness (QED) is 0.414. The number of hydrogen-bond donors (Lipinski definition) is 3. The zero-order valence-electron chi connectivity index (χ0n) is 14.9. The summed E-state index contributed by atoms with van der Waals surface area (Å²) in [6.45, 7) is 1.73. The summed E-state index contributed by atoms with van der Waals surface area (Å²) in [6.07, 6.45) is -0.501. The van der Waals surface area contributed by atoms with Gasteiger partial charge in [-0.1, -0.05) is 48.5 Å². The van der Waals surface area contributed by atoms with Crippen molar-refractivity contribution in [2.75, 3.05) is 19.7 Å². The molecule has 4 aromatic rings. The molecule has 1 atom stereocenters. The first kappa shape index (κ1) is 19.2. The average molecular weight is 383 g/mol. The molecule has 0 saturated carbocycles. The molecule has 0 fully saturated rings. The highest BCUT2D eigenvalue weighted by molar-refractivity contribution is 6.07. The molecule has 3 N–H and O–H groups in total. The highest BCUT2D eigenvalue weighted by atomic mass is 35.5. The van der Waals surface area contributed by atoms with E-state index in [9.17, 15) is 5.11 Å². The lowest BCUT2D eigenvalue weighted by Gasteiger charge is -2.12. The van der Waals surface area contributed by atoms with Crippen LogP contribution in [0, 0.1) is 0 Å². The van der Waals surface area contributed by atoms with Crippen molar-refractivity contribution in [2.24, 2.45) is 0 Å². The second-order valence-electron chi connectivity index (χ2n) is 6.36. The SMILES string of the molecule is Cl.OC(CNCCOc1ccc2c(c1)[nH]c1ccccc12)c1ccccc1. The highest BCUT2D eigenvalue weighted by Gasteiger charge is 2.06. The molecule has 0 aliphatic heterocycles. The Bertz CT molecular complexity index is 1000. The van der Waals surface area contributed by atoms with E-state index in [2.05, 4.69) is 34.6 Å². The predicted octanol–water partition coefficient (Wildman–Crippen LogP) is 4.44. The van der Waals surface area contributed by atoms with Crippen molar-refractivity contribution in [3.63, 3.8) is 0 Å². The minimum Gasteiger partial charge on any atom is -0.492 e. The number of fused-ring (bicyclic) bond motifs is 3. The first-order chi connectivity index (χ1) is 12.8. The highest BCUT2D eigenvalue weighted by Crippen LogP contribution is 2.28. The molecular weight excluding hydrogens is 360 g/mol. The van der Waals surface area contributed by atoms with Gasteiger partial charge in [0.2, 0.25) is 0 Å². The summed E-state index contributed by atoms with van der Waals surface area (Å²) < 4.78 is 5.83. The first-order valence-corrected chi connectivity index (χ1v) is 8.88. The van der Waals surface area contributed by atoms with Crippen molar-refractivity contribution in [1.82, 2.24) is 10.3 Å². The van der Waals surface area contributed by atoms with Crippen molar-refractivity contribution in [3.8, 4) is 5.75 Å². The Hall–Kier alpha value is -2.53. The van der Waals surface area contributed by atoms with Gasteiger partial charge in [0, 0.05) is 35.4 Å². The Labute approximate surface area is 164 Å². The molecule has 0 aliphatic carbocycles. The molecule has 5 heteroatoms. The van der Waals surface area contributed by atoms with Crippen LogP contribution in [-0.2, 0) is 0 Å². The molecule has 0 amide bonds. The molecule has 1 heterocycles. The van der Waals surface area contributed by atoms with Gasteiger partial charge in [-0.3, -0.25) is 0 Å². The van der Waals surface area contributed by atoms with Crippen LogP contribution in [-0.4, -0.2) is 29.8 Å². The van der Waals surface area contributed by atoms with Gasteiger partial charge in [-0.05, 0) is 23.8 Å². The van der Waals surface area contributed by atoms with Gasteiger partial charge < -0.3 is 20.1 Å². The molecule has 0 aliphatic rings. The second-order valence-corrected chi connectivity index (χ2v) is 6.36. The Morgan fingerprint density at radius 3 is 2.48 bits per heavy atom. The van der Waals surface area contributed by atoms with Crippen LogP contribution in [0.15, 0.2) is 72.8 Å². The van der Waals surface area contributed by atoms with Gasteiger partial charge in [0.05, 0.1) is 11.6 Å². The number of aromatic amines is 1. The standard InChI is InChI=1S/C22H22N2O2.ClH/c25-22(16-6-2-1-3-7-16)15-23-12-13-26-17-10-11-19-18-8-4-5-9-20(18)24-21(19)14-17;/h1-11,14,22-25H,12-13,15H2;1H. The summed E-state index contributed by atoms with van der Waals surface area (Å²) >= 11 is 0. The van der Waals surface area contributed by atoms with Crippen LogP contribution < -0.4 is 10.1 Å². The number of nitrogens with one attached hydrogen (secondary N) is 2. The number of aliphatic hydroxyl groups excluding tert-OH is 1. The van der Waals surface area contributed by atoms with E-state index in [1.54, 1.807) is 0 Å². The lowest BCUT2D eigenvalue weighted by molar-refractivity contribution is 0.172. The third-order valence-electron chi connectivity index (χ3n) is 4.55. The molecule has 0 saturated heterocycles. The zero-order chi connectivity index (χ0) is 17.8. The molecule has 0 radical (unpaired) electrons. The average Bonchev–Trinajstić information content (AvgIpc) is 3.06. The number of aromatic nitrogens is 1. The minimum atomic E-state index is -0.501. The maximum Gasteiger partial charge on any atom is 0.121 e. The van der Waals surface area contributed by atoms with E-state index in [1.165, 1.54) is 10.8 Å². The normalized spacial score (nSPS) is 12.0. The maximum atomic E-state index is 10.1. The van der Waals surface area contributed by atoms with Gasteiger partial charge in [0.25, 0.3) is 0 Å². The summed E-state index contributed by atoms with van der Waals surface area (Å²) in [4.78, 5) is 3.42. The Kier molecular flexibility index (Phi) is 6.35. The number of H-pyrrole nitrogens is 1. The van der Waals surface area contributed by atoms with Gasteiger partial charge in [-0.2, -0.15) is 0 Å². The van der Waals surface area contributed by atoms with Gasteiger partial charge in [-0.15, -0.1) is 12.4 Å². The minimum absolute atomic E-state index is 0. The van der Waals surface area contributed by atoms with E-state index in [0.29, 0.717) is 19.7 Å². The molecule has 140 valence electrons. The fourth-order valence-corrected chi connectivity index (χ4v) is 3.20. The van der Waals surface area contributed by atoms with E-state index in [0.717, 1.165) is 22.3 Å². The number of hydrogen-bond acceptors (Lipinski definition) is 3. The summed E-state index contributed by atoms with van der Waals surface area (Å²) in [6, 6.07) is 24.1. The number of aliphatic hydroxyl groups is 1. The Morgan fingerprint density at radius 2 is 1.63 bits per heavy atom. The van der Waals surface area contributed by atoms with E-state index in [-0.39, 0.29) is 12.4 Å². The lowest BCUT2D eigenvalue weighted by atomic mass is 10.1. The molecule has 1 aromatic heterocycles. The fourth-order valence-electron chi connectivity index (χ4n) is 3.20. The van der Waals surface area contributed by atoms with Crippen LogP contribution in [0.5, 0.6) is 5.75 Å². The first-order valence-electron chi connectivity index (χ1n) is 8.88. The van der Waals surface area contributed by atoms with E-state index in [1.807, 2.05) is 48.5 Å². The summed E-state index contributed by atoms with van der Waals surface area (Å²) in [7, 11) is 0. The van der Waals surface area contributed by atoms with Crippen LogP contribution in [0.4, 0.5) is 0 Å². The third-order valence-corrected chi connectivity index (χ3v) is 4.55. The summed E-state index contributed by atoms with van der Waals surface area (Å²) in [5, 5.41) is 15.8. The van der Waals surface area contributed by atoms with Crippen LogP contribution in [0.3, 0.4) is 0 Å². The van der Waals surface area contributed by atoms with Crippen molar-refractivity contribution in [2.45, 2.75) is 6.10 Å². The Balaban J connectivity index is 0.00000210. The number of para-hydroxylation sites is 1. The lowest BCUT2D eigenvalue weighted by Crippen LogP contribution is -2.26. The molecule has 0 bridgehead atoms. The number of halogens is 1. The third kappa shape index (κ3) is 4.42. The molecule has 0 spiro atoms. The van der Waals surface area contributed by atoms with Crippen molar-refractivity contribution in [1.29, 1.82) is 0 Å². The topological polar surface area (TPSA) is 57.3 Å². The monoisotopic (exact) mass is 382 g/mol. The van der Waals surface area contributed by atoms with Gasteiger partial charge >= 0.3 is 0 Å². The molecule has 3 aromatic carbocycles. The summed E-state index contributed by atoms with van der Waals surface area (Å²) in [5.41, 5.74) is 3.14. The maximum absolute atomic E-state index is 10.1. The number of rotatable bonds is 7. The van der Waals surface area contributed by atoms with Crippen LogP contribution >= 0.6 is 12.4 Å². The molecular formula is C22H23ClN2O2. The van der Waals surface area contributed by atoms with Crippen LogP contribution in [0.2, 0.25) is 0 Å². The van der Waals surface area contributed by atoms with Gasteiger partial charge in [0.15, 0.2) is 0 Å². The zero-order valence-corrected chi connectivity index (χ0v) is 15.7. The van der Waals surface area contributed by atoms with Crippen molar-refractivity contribution < 1.29 is 9.84 Å². The molecule has 4 rings (SSSR count). The number of ether oxygens (including phenoxy) is 1. The number of benzene rings is 3. The van der Waals surface area contributed by atoms with Crippen molar-refractivity contribution >= 4 is 34.2 Å². The van der Waals surface area contributed by atoms with Crippen LogP contribution in [0.25, 0.3) is 21.8 Å². The van der Waals surface area contributed by atoms with E-state index in [4.69, 9.17) is 4.74 Å². The molecule has 1 unspecified atom stereocenters. The van der Waals surface area contributed by atoms with E-state index >= 15 is 0 Å². The second kappa shape index (κ2) is 8.91. The van der Waals surface area contributed by atoms with Crippen molar-refractivity contribution in [3.05, 3.63) is 78.4 Å². The predicted molar refractivity (Wildman–Crippen MR) is 113 cm³/mol. The Morgan fingerprint density at radius 1 is 0.889 bits per heavy atom. The largest absolute Gasteiger partial charge is 0.492 e.